The molecule has 1 N–H and O–H groups in total. The number of para-hydroxylation sites is 1. The molecule has 5 atom stereocenters. The van der Waals surface area contributed by atoms with Crippen molar-refractivity contribution in [1.29, 1.82) is 0 Å². The summed E-state index contributed by atoms with van der Waals surface area (Å²) in [5.74, 6) is 0.932. The second-order valence-electron chi connectivity index (χ2n) is 8.52. The Morgan fingerprint density at radius 1 is 1.33 bits per heavy atom. The molecule has 4 heterocycles. The Hall–Kier alpha value is -1.85. The lowest BCUT2D eigenvalue weighted by molar-refractivity contribution is -0.162. The molecule has 4 unspecified atom stereocenters. The maximum Gasteiger partial charge on any atom is 0.319 e. The van der Waals surface area contributed by atoms with Crippen LogP contribution in [0.4, 0.5) is 0 Å². The third-order valence-electron chi connectivity index (χ3n) is 7.24. The number of piperidine rings is 2. The quantitative estimate of drug-likeness (QED) is 0.843. The van der Waals surface area contributed by atoms with E-state index < -0.39 is 5.41 Å². The highest BCUT2D eigenvalue weighted by molar-refractivity contribution is 5.91. The van der Waals surface area contributed by atoms with Gasteiger partial charge in [0.25, 0.3) is 0 Å². The maximum atomic E-state index is 13.4. The molecule has 4 bridgehead atoms. The van der Waals surface area contributed by atoms with Gasteiger partial charge in [-0.25, -0.2) is 0 Å². The van der Waals surface area contributed by atoms with Crippen LogP contribution >= 0.6 is 0 Å². The SMILES string of the molecule is COCCC1CC2CN3CCc4c([nH]c5ccccc45)[C@](C(=O)OC)(C2)C13. The standard InChI is InChI=1S/C22H28N2O3/c1-26-10-8-15-11-14-12-22(21(25)27-2)19-17(7-9-24(13-14)20(15)22)16-5-3-4-6-18(16)23-19/h3-6,14-15,20,23H,7-13H2,1-2H3/t14?,15?,20?,22-/m1/s1. The monoisotopic (exact) mass is 368 g/mol. The summed E-state index contributed by atoms with van der Waals surface area (Å²) in [5.41, 5.74) is 2.99. The van der Waals surface area contributed by atoms with Crippen molar-refractivity contribution in [2.75, 3.05) is 33.9 Å². The number of aromatic nitrogens is 1. The van der Waals surface area contributed by atoms with Crippen LogP contribution in [0, 0.1) is 11.8 Å². The van der Waals surface area contributed by atoms with Gasteiger partial charge in [0, 0.05) is 49.4 Å². The first-order chi connectivity index (χ1) is 13.2. The fourth-order valence-corrected chi connectivity index (χ4v) is 6.42. The van der Waals surface area contributed by atoms with Gasteiger partial charge in [-0.1, -0.05) is 18.2 Å². The van der Waals surface area contributed by atoms with Crippen molar-refractivity contribution in [3.63, 3.8) is 0 Å². The van der Waals surface area contributed by atoms with Crippen molar-refractivity contribution in [2.45, 2.75) is 37.1 Å². The van der Waals surface area contributed by atoms with Gasteiger partial charge in [-0.2, -0.15) is 0 Å². The highest BCUT2D eigenvalue weighted by atomic mass is 16.5. The molecule has 1 aromatic heterocycles. The number of nitrogens with one attached hydrogen (secondary N) is 1. The van der Waals surface area contributed by atoms with Crippen molar-refractivity contribution in [1.82, 2.24) is 9.88 Å². The molecule has 1 saturated carbocycles. The molecular weight excluding hydrogens is 340 g/mol. The lowest BCUT2D eigenvalue weighted by Crippen LogP contribution is -2.67. The number of carbonyl (C=O) groups is 1. The average Bonchev–Trinajstić information content (AvgIpc) is 3.04. The first kappa shape index (κ1) is 17.3. The molecule has 6 rings (SSSR count). The van der Waals surface area contributed by atoms with Crippen molar-refractivity contribution in [2.24, 2.45) is 11.8 Å². The molecule has 3 aliphatic heterocycles. The van der Waals surface area contributed by atoms with E-state index in [4.69, 9.17) is 9.47 Å². The van der Waals surface area contributed by atoms with Gasteiger partial charge in [-0.15, -0.1) is 0 Å². The number of H-pyrrole nitrogens is 1. The van der Waals surface area contributed by atoms with E-state index in [1.807, 2.05) is 0 Å². The molecule has 144 valence electrons. The zero-order chi connectivity index (χ0) is 18.6. The minimum atomic E-state index is -0.584. The summed E-state index contributed by atoms with van der Waals surface area (Å²) in [4.78, 5) is 19.7. The fourth-order valence-electron chi connectivity index (χ4n) is 6.42. The third kappa shape index (κ3) is 2.34. The van der Waals surface area contributed by atoms with E-state index in [-0.39, 0.29) is 12.0 Å². The van der Waals surface area contributed by atoms with E-state index in [1.54, 1.807) is 14.2 Å². The van der Waals surface area contributed by atoms with Crippen molar-refractivity contribution in [3.05, 3.63) is 35.5 Å². The molecule has 0 spiro atoms. The molecule has 0 amide bonds. The number of carbonyl (C=O) groups excluding carboxylic acids is 1. The zero-order valence-electron chi connectivity index (χ0n) is 16.2. The van der Waals surface area contributed by atoms with E-state index in [0.29, 0.717) is 11.8 Å². The van der Waals surface area contributed by atoms with Crippen LogP contribution in [-0.4, -0.2) is 55.8 Å². The Morgan fingerprint density at radius 3 is 3.00 bits per heavy atom. The summed E-state index contributed by atoms with van der Waals surface area (Å²) in [6.07, 6.45) is 4.07. The van der Waals surface area contributed by atoms with Crippen molar-refractivity contribution in [3.8, 4) is 0 Å². The molecule has 5 nitrogen and oxygen atoms in total. The van der Waals surface area contributed by atoms with E-state index in [1.165, 1.54) is 17.4 Å². The molecule has 2 aromatic rings. The first-order valence-corrected chi connectivity index (χ1v) is 10.1. The third-order valence-corrected chi connectivity index (χ3v) is 7.24. The highest BCUT2D eigenvalue weighted by Gasteiger charge is 2.62. The largest absolute Gasteiger partial charge is 0.468 e. The molecule has 2 saturated heterocycles. The number of fused-ring (bicyclic) bond motifs is 4. The maximum absolute atomic E-state index is 13.4. The molecule has 5 heteroatoms. The molecule has 3 fully saturated rings. The summed E-state index contributed by atoms with van der Waals surface area (Å²) in [7, 11) is 3.31. The normalized spacial score (nSPS) is 34.3. The summed E-state index contributed by atoms with van der Waals surface area (Å²) < 4.78 is 10.9. The minimum Gasteiger partial charge on any atom is -0.468 e. The van der Waals surface area contributed by atoms with Gasteiger partial charge in [0.05, 0.1) is 7.11 Å². The lowest BCUT2D eigenvalue weighted by Gasteiger charge is -2.58. The first-order valence-electron chi connectivity index (χ1n) is 10.1. The van der Waals surface area contributed by atoms with Gasteiger partial charge in [0.1, 0.15) is 5.41 Å². The number of hydrogen-bond acceptors (Lipinski definition) is 4. The number of methoxy groups -OCH3 is 2. The van der Waals surface area contributed by atoms with Crippen LogP contribution in [0.1, 0.15) is 30.5 Å². The molecule has 0 radical (unpaired) electrons. The second-order valence-corrected chi connectivity index (χ2v) is 8.52. The molecular formula is C22H28N2O3. The number of hydrogen-bond donors (Lipinski definition) is 1. The van der Waals surface area contributed by atoms with Crippen molar-refractivity contribution >= 4 is 16.9 Å². The number of benzene rings is 1. The van der Waals surface area contributed by atoms with E-state index in [0.717, 1.165) is 50.2 Å². The summed E-state index contributed by atoms with van der Waals surface area (Å²) in [5, 5.41) is 1.26. The Balaban J connectivity index is 1.72. The van der Waals surface area contributed by atoms with Gasteiger partial charge in [-0.05, 0) is 49.1 Å². The Morgan fingerprint density at radius 2 is 2.19 bits per heavy atom. The zero-order valence-corrected chi connectivity index (χ0v) is 16.2. The Bertz CT molecular complexity index is 876. The molecule has 1 aromatic carbocycles. The lowest BCUT2D eigenvalue weighted by atomic mass is 9.56. The number of ether oxygens (including phenoxy) is 2. The Kier molecular flexibility index (Phi) is 4.06. The van der Waals surface area contributed by atoms with E-state index >= 15 is 0 Å². The van der Waals surface area contributed by atoms with Crippen LogP contribution in [0.5, 0.6) is 0 Å². The number of aromatic amines is 1. The molecule has 27 heavy (non-hydrogen) atoms. The number of rotatable bonds is 4. The van der Waals surface area contributed by atoms with Gasteiger partial charge in [0.15, 0.2) is 0 Å². The topological polar surface area (TPSA) is 54.6 Å². The van der Waals surface area contributed by atoms with Crippen molar-refractivity contribution < 1.29 is 14.3 Å². The number of esters is 1. The number of nitrogens with zero attached hydrogens (tertiary/aromatic N) is 1. The van der Waals surface area contributed by atoms with Crippen LogP contribution in [0.15, 0.2) is 24.3 Å². The summed E-state index contributed by atoms with van der Waals surface area (Å²) in [6, 6.07) is 8.65. The predicted molar refractivity (Wildman–Crippen MR) is 104 cm³/mol. The van der Waals surface area contributed by atoms with Crippen LogP contribution in [0.2, 0.25) is 0 Å². The predicted octanol–water partition coefficient (Wildman–Crippen LogP) is 2.88. The minimum absolute atomic E-state index is 0.0703. The summed E-state index contributed by atoms with van der Waals surface area (Å²) in [6.45, 7) is 2.87. The van der Waals surface area contributed by atoms with Gasteiger partial charge in [-0.3, -0.25) is 9.69 Å². The highest BCUT2D eigenvalue weighted by Crippen LogP contribution is 2.55. The smallest absolute Gasteiger partial charge is 0.319 e. The van der Waals surface area contributed by atoms with Gasteiger partial charge in [0.2, 0.25) is 0 Å². The molecule has 4 aliphatic rings. The average molecular weight is 368 g/mol. The van der Waals surface area contributed by atoms with Crippen LogP contribution in [0.3, 0.4) is 0 Å². The molecule has 1 aliphatic carbocycles. The van der Waals surface area contributed by atoms with Crippen LogP contribution in [0.25, 0.3) is 10.9 Å². The van der Waals surface area contributed by atoms with Crippen LogP contribution < -0.4 is 0 Å². The fraction of sp³-hybridized carbons (Fsp3) is 0.591. The van der Waals surface area contributed by atoms with Gasteiger partial charge >= 0.3 is 5.97 Å². The van der Waals surface area contributed by atoms with Crippen LogP contribution in [-0.2, 0) is 26.1 Å². The van der Waals surface area contributed by atoms with E-state index in [2.05, 4.69) is 34.1 Å². The van der Waals surface area contributed by atoms with Gasteiger partial charge < -0.3 is 14.5 Å². The summed E-state index contributed by atoms with van der Waals surface area (Å²) >= 11 is 0. The Labute approximate surface area is 160 Å². The second kappa shape index (κ2) is 6.35. The van der Waals surface area contributed by atoms with E-state index in [9.17, 15) is 4.79 Å².